The van der Waals surface area contributed by atoms with Crippen LogP contribution < -0.4 is 0 Å². The summed E-state index contributed by atoms with van der Waals surface area (Å²) in [4.78, 5) is 90.5. The number of allylic oxidation sites excluding steroid dienone is 1. The number of fused-ring (bicyclic) bond motifs is 6. The number of hydrogen-bond donors (Lipinski definition) is 0. The first-order valence-corrected chi connectivity index (χ1v) is 34.5. The van der Waals surface area contributed by atoms with Crippen molar-refractivity contribution in [3.63, 3.8) is 0 Å². The summed E-state index contributed by atoms with van der Waals surface area (Å²) in [6, 6.07) is 0. The molecular weight excluding hydrogens is 1170 g/mol. The smallest absolute Gasteiger partial charge is 0.349 e. The van der Waals surface area contributed by atoms with Gasteiger partial charge >= 0.3 is 50.3 Å². The molecular formula is C66H104O22Si. The summed E-state index contributed by atoms with van der Waals surface area (Å²) in [6.45, 7) is 31.5. The van der Waals surface area contributed by atoms with Crippen molar-refractivity contribution in [1.82, 2.24) is 0 Å². The lowest BCUT2D eigenvalue weighted by Crippen LogP contribution is -2.73. The Bertz CT molecular complexity index is 2560. The lowest BCUT2D eigenvalue weighted by atomic mass is 9.47. The molecule has 0 N–H and O–H groups in total. The molecule has 8 rings (SSSR count). The summed E-state index contributed by atoms with van der Waals surface area (Å²) in [5.74, 6) is -1.73. The van der Waals surface area contributed by atoms with Crippen LogP contribution in [-0.4, -0.2) is 162 Å². The van der Waals surface area contributed by atoms with Crippen molar-refractivity contribution in [1.29, 1.82) is 0 Å². The first-order chi connectivity index (χ1) is 41.6. The minimum Gasteiger partial charge on any atom is -0.463 e. The lowest BCUT2D eigenvalue weighted by Gasteiger charge is -2.59. The molecule has 23 heteroatoms. The van der Waals surface area contributed by atoms with Crippen LogP contribution in [0.2, 0.25) is 10.1 Å². The topological polar surface area (TPSA) is 258 Å². The van der Waals surface area contributed by atoms with E-state index in [0.717, 1.165) is 59.8 Å². The minimum atomic E-state index is -3.52. The van der Waals surface area contributed by atoms with Crippen LogP contribution in [-0.2, 0) is 104 Å². The predicted octanol–water partition coefficient (Wildman–Crippen LogP) is 9.60. The Hall–Kier alpha value is -4.07. The summed E-state index contributed by atoms with van der Waals surface area (Å²) in [7, 11) is -3.52. The molecule has 89 heavy (non-hydrogen) atoms. The van der Waals surface area contributed by atoms with Crippen LogP contribution in [0.4, 0.5) is 0 Å². The fourth-order valence-corrected chi connectivity index (χ4v) is 22.3. The van der Waals surface area contributed by atoms with Crippen LogP contribution in [0.3, 0.4) is 0 Å². The molecule has 0 unspecified atom stereocenters. The van der Waals surface area contributed by atoms with Crippen LogP contribution in [0.15, 0.2) is 11.6 Å². The van der Waals surface area contributed by atoms with Crippen LogP contribution >= 0.6 is 0 Å². The summed E-state index contributed by atoms with van der Waals surface area (Å²) in [6.07, 6.45) is -6.59. The quantitative estimate of drug-likeness (QED) is 0.0504. The molecule has 0 amide bonds. The highest BCUT2D eigenvalue weighted by atomic mass is 28.4. The maximum atomic E-state index is 13.3. The molecule has 0 aromatic heterocycles. The second-order valence-electron chi connectivity index (χ2n) is 29.6. The zero-order valence-corrected chi connectivity index (χ0v) is 57.1. The van der Waals surface area contributed by atoms with E-state index in [1.54, 1.807) is 0 Å². The molecule has 4 aliphatic carbocycles. The minimum absolute atomic E-state index is 0.00492. The Kier molecular flexibility index (Phi) is 22.5. The molecule has 0 aromatic carbocycles. The van der Waals surface area contributed by atoms with E-state index in [9.17, 15) is 33.6 Å². The van der Waals surface area contributed by atoms with E-state index in [4.69, 9.17) is 70.4 Å². The lowest BCUT2D eigenvalue weighted by molar-refractivity contribution is -0.394. The van der Waals surface area contributed by atoms with E-state index in [1.165, 1.54) is 57.9 Å². The van der Waals surface area contributed by atoms with Crippen molar-refractivity contribution in [2.45, 2.75) is 297 Å². The standard InChI is InChI=1S/C66H104O22Si/c1-34(2)20-19-21-35(3)46-24-25-47-45-23-22-43-30-44(26-28-65(43,17)48(45)27-29-66(46,47)18)83-61-59(87-62-58(82-42(10)73)55(80-40(8)71)52(78-38(6)69)50(84-62)31-74-36(4)67)56(54-51(85-61)33-76-89(88-54,63(11,12)13)64(14,15)16)86-60-57(81-41(9)72)53(79-39(7)70)49(32-75-60)77-37(5)68/h22,34-35,44-62H,19-21,23-33H2,1-18H3/t35-,44+,45+,46-,47+,48+,49-,50-,51-,52+,53+,54-,55+,56+,57-,58-,59-,60+,61-,62+,65+,66-/m1/s1. The maximum Gasteiger partial charge on any atom is 0.349 e. The molecule has 0 spiro atoms. The van der Waals surface area contributed by atoms with Gasteiger partial charge in [-0.1, -0.05) is 107 Å². The highest BCUT2D eigenvalue weighted by Crippen LogP contribution is 2.68. The molecule has 7 fully saturated rings. The first-order valence-electron chi connectivity index (χ1n) is 32.6. The number of rotatable bonds is 19. The van der Waals surface area contributed by atoms with Crippen LogP contribution in [0.25, 0.3) is 0 Å². The summed E-state index contributed by atoms with van der Waals surface area (Å²) in [5, 5.41) is -1.24. The molecule has 22 atom stereocenters. The van der Waals surface area contributed by atoms with Crippen LogP contribution in [0.1, 0.15) is 195 Å². The van der Waals surface area contributed by atoms with Crippen LogP contribution in [0.5, 0.6) is 0 Å². The molecule has 504 valence electrons. The molecule has 4 heterocycles. The first kappa shape index (κ1) is 70.8. The third-order valence-corrected chi connectivity index (χ3v) is 25.9. The van der Waals surface area contributed by atoms with Gasteiger partial charge in [0.15, 0.2) is 55.5 Å². The van der Waals surface area contributed by atoms with E-state index >= 15 is 0 Å². The average Bonchev–Trinajstić information content (AvgIpc) is 1.70. The summed E-state index contributed by atoms with van der Waals surface area (Å²) < 4.78 is 97.0. The SMILES string of the molecule is CC(=O)OC[C@H]1O[C@@H](O[C@H]2[C@H](O[C@H]3CC[C@@]4(C)C(=CC[C@H]5[C@@H]6CC[C@H]([C@H](C)CCCC(C)C)[C@@]6(C)CC[C@@H]54)C3)O[C@@H]3CO[Si](C(C)(C)C)(C(C)(C)C)O[C@H]3[C@@H]2O[C@@H]2OC[C@@H](OC(C)=O)[C@H](OC(C)=O)[C@H]2OC(C)=O)[C@H](OC(C)=O)[C@@H](OC(C)=O)[C@H]1OC(C)=O. The van der Waals surface area contributed by atoms with E-state index in [0.29, 0.717) is 47.8 Å². The van der Waals surface area contributed by atoms with Gasteiger partial charge in [0.25, 0.3) is 0 Å². The van der Waals surface area contributed by atoms with E-state index < -0.39 is 166 Å². The molecule has 4 aliphatic heterocycles. The monoisotopic (exact) mass is 1280 g/mol. The van der Waals surface area contributed by atoms with E-state index in [2.05, 4.69) is 40.7 Å². The molecule has 8 aliphatic rings. The van der Waals surface area contributed by atoms with Gasteiger partial charge in [0.05, 0.1) is 19.3 Å². The van der Waals surface area contributed by atoms with Gasteiger partial charge in [-0.05, 0) is 97.7 Å². The predicted molar refractivity (Wildman–Crippen MR) is 321 cm³/mol. The highest BCUT2D eigenvalue weighted by molar-refractivity contribution is 6.73. The van der Waals surface area contributed by atoms with Gasteiger partial charge in [-0.3, -0.25) is 33.6 Å². The van der Waals surface area contributed by atoms with Crippen molar-refractivity contribution >= 4 is 50.3 Å². The Morgan fingerprint density at radius 1 is 0.596 bits per heavy atom. The van der Waals surface area contributed by atoms with Gasteiger partial charge in [0, 0.05) is 58.5 Å². The third kappa shape index (κ3) is 15.5. The Balaban J connectivity index is 1.22. The molecule has 4 saturated heterocycles. The summed E-state index contributed by atoms with van der Waals surface area (Å²) in [5.41, 5.74) is 1.56. The van der Waals surface area contributed by atoms with Crippen molar-refractivity contribution in [3.05, 3.63) is 11.6 Å². The normalized spacial score (nSPS) is 38.8. The van der Waals surface area contributed by atoms with Gasteiger partial charge in [0.1, 0.15) is 37.1 Å². The highest BCUT2D eigenvalue weighted by Gasteiger charge is 2.68. The number of hydrogen-bond acceptors (Lipinski definition) is 22. The number of carbonyl (C=O) groups is 7. The molecule has 3 saturated carbocycles. The second kappa shape index (κ2) is 28.3. The molecule has 22 nitrogen and oxygen atoms in total. The average molecular weight is 1280 g/mol. The zero-order chi connectivity index (χ0) is 65.5. The van der Waals surface area contributed by atoms with E-state index in [-0.39, 0.29) is 12.0 Å². The molecule has 0 aromatic rings. The second-order valence-corrected chi connectivity index (χ2v) is 34.4. The van der Waals surface area contributed by atoms with Gasteiger partial charge < -0.3 is 70.4 Å². The summed E-state index contributed by atoms with van der Waals surface area (Å²) >= 11 is 0. The van der Waals surface area contributed by atoms with Gasteiger partial charge in [-0.2, -0.15) is 0 Å². The van der Waals surface area contributed by atoms with Crippen molar-refractivity contribution in [3.8, 4) is 0 Å². The maximum absolute atomic E-state index is 13.3. The Morgan fingerprint density at radius 3 is 1.76 bits per heavy atom. The number of carbonyl (C=O) groups excluding carboxylic acids is 7. The van der Waals surface area contributed by atoms with E-state index in [1.807, 2.05) is 41.5 Å². The zero-order valence-electron chi connectivity index (χ0n) is 56.1. The number of esters is 7. The van der Waals surface area contributed by atoms with Gasteiger partial charge in [-0.15, -0.1) is 0 Å². The van der Waals surface area contributed by atoms with Gasteiger partial charge in [-0.25, -0.2) is 0 Å². The van der Waals surface area contributed by atoms with Crippen LogP contribution in [0, 0.1) is 46.3 Å². The molecule has 0 radical (unpaired) electrons. The fraction of sp³-hybridized carbons (Fsp3) is 0.864. The Labute approximate surface area is 527 Å². The van der Waals surface area contributed by atoms with Crippen molar-refractivity contribution < 1.29 is 104 Å². The van der Waals surface area contributed by atoms with Crippen molar-refractivity contribution in [2.24, 2.45) is 46.3 Å². The number of ether oxygens (including phenoxy) is 13. The Morgan fingerprint density at radius 2 is 1.17 bits per heavy atom. The third-order valence-electron chi connectivity index (χ3n) is 20.7. The molecule has 0 bridgehead atoms. The van der Waals surface area contributed by atoms with Crippen molar-refractivity contribution in [2.75, 3.05) is 19.8 Å². The fourth-order valence-electron chi connectivity index (χ4n) is 17.3. The van der Waals surface area contributed by atoms with Gasteiger partial charge in [0.2, 0.25) is 0 Å². The largest absolute Gasteiger partial charge is 0.463 e.